The maximum absolute atomic E-state index is 13.4. The van der Waals surface area contributed by atoms with Gasteiger partial charge in [-0.25, -0.2) is 9.37 Å². The number of nitrogens with two attached hydrogens (primary N) is 1. The third-order valence-electron chi connectivity index (χ3n) is 2.98. The number of aromatic nitrogens is 1. The van der Waals surface area contributed by atoms with Gasteiger partial charge in [-0.2, -0.15) is 0 Å². The van der Waals surface area contributed by atoms with E-state index in [2.05, 4.69) is 4.98 Å². The number of methoxy groups -OCH3 is 1. The van der Waals surface area contributed by atoms with Gasteiger partial charge in [-0.3, -0.25) is 0 Å². The lowest BCUT2D eigenvalue weighted by atomic mass is 10.2. The van der Waals surface area contributed by atoms with Gasteiger partial charge in [0.2, 0.25) is 5.89 Å². The van der Waals surface area contributed by atoms with E-state index in [1.165, 1.54) is 19.2 Å². The summed E-state index contributed by atoms with van der Waals surface area (Å²) in [6.45, 7) is 0. The number of oxazole rings is 1. The van der Waals surface area contributed by atoms with Gasteiger partial charge in [-0.15, -0.1) is 0 Å². The second-order valence-corrected chi connectivity index (χ2v) is 5.14. The number of hydrogen-bond donors (Lipinski definition) is 1. The molecule has 0 bridgehead atoms. The fourth-order valence-electron chi connectivity index (χ4n) is 1.94. The van der Waals surface area contributed by atoms with Crippen molar-refractivity contribution in [1.82, 2.24) is 4.98 Å². The molecule has 4 nitrogen and oxygen atoms in total. The van der Waals surface area contributed by atoms with Gasteiger partial charge in [0.25, 0.3) is 0 Å². The Kier molecular flexibility index (Phi) is 3.39. The number of nitrogen functional groups attached to an aromatic ring is 1. The van der Waals surface area contributed by atoms with Crippen molar-refractivity contribution in [2.75, 3.05) is 12.8 Å². The molecule has 0 atom stereocenters. The van der Waals surface area contributed by atoms with Crippen LogP contribution in [-0.2, 0) is 0 Å². The third kappa shape index (κ3) is 2.39. The zero-order valence-corrected chi connectivity index (χ0v) is 12.3. The highest BCUT2D eigenvalue weighted by molar-refractivity contribution is 6.33. The Bertz CT molecular complexity index is 810. The topological polar surface area (TPSA) is 61.3 Å². The monoisotopic (exact) mass is 326 g/mol. The molecule has 3 aromatic rings. The highest BCUT2D eigenvalue weighted by Crippen LogP contribution is 2.37. The zero-order valence-electron chi connectivity index (χ0n) is 10.8. The summed E-state index contributed by atoms with van der Waals surface area (Å²) in [5.41, 5.74) is 7.34. The van der Waals surface area contributed by atoms with Crippen LogP contribution in [0.25, 0.3) is 22.6 Å². The van der Waals surface area contributed by atoms with Crippen LogP contribution in [0, 0.1) is 5.82 Å². The Hall–Kier alpha value is -1.98. The van der Waals surface area contributed by atoms with Crippen molar-refractivity contribution in [2.24, 2.45) is 0 Å². The standard InChI is InChI=1S/C14H9Cl2FN2O2/c1-20-12-5-10(18)8(16)2-6(12)14-19-11-3-7(15)9(17)4-13(11)21-14/h2-5H,18H2,1H3. The Labute approximate surface area is 129 Å². The molecule has 21 heavy (non-hydrogen) atoms. The molecule has 7 heteroatoms. The maximum Gasteiger partial charge on any atom is 0.231 e. The van der Waals surface area contributed by atoms with E-state index in [-0.39, 0.29) is 16.5 Å². The van der Waals surface area contributed by atoms with Gasteiger partial charge in [-0.1, -0.05) is 23.2 Å². The summed E-state index contributed by atoms with van der Waals surface area (Å²) < 4.78 is 24.2. The number of anilines is 1. The van der Waals surface area contributed by atoms with Crippen LogP contribution in [0.3, 0.4) is 0 Å². The van der Waals surface area contributed by atoms with Crippen molar-refractivity contribution in [3.63, 3.8) is 0 Å². The van der Waals surface area contributed by atoms with Crippen molar-refractivity contribution < 1.29 is 13.5 Å². The van der Waals surface area contributed by atoms with Crippen LogP contribution in [0.4, 0.5) is 10.1 Å². The normalized spacial score (nSPS) is 11.0. The lowest BCUT2D eigenvalue weighted by Gasteiger charge is -2.07. The third-order valence-corrected chi connectivity index (χ3v) is 3.60. The van der Waals surface area contributed by atoms with Gasteiger partial charge in [-0.05, 0) is 12.1 Å². The number of ether oxygens (including phenoxy) is 1. The minimum absolute atomic E-state index is 0.0235. The van der Waals surface area contributed by atoms with E-state index >= 15 is 0 Å². The van der Waals surface area contributed by atoms with E-state index in [1.54, 1.807) is 12.1 Å². The lowest BCUT2D eigenvalue weighted by molar-refractivity contribution is 0.415. The number of rotatable bonds is 2. The largest absolute Gasteiger partial charge is 0.496 e. The van der Waals surface area contributed by atoms with Crippen LogP contribution in [-0.4, -0.2) is 12.1 Å². The molecular weight excluding hydrogens is 318 g/mol. The molecule has 0 aliphatic rings. The first kappa shape index (κ1) is 14.0. The molecule has 1 heterocycles. The molecule has 2 aromatic carbocycles. The van der Waals surface area contributed by atoms with E-state index < -0.39 is 5.82 Å². The summed E-state index contributed by atoms with van der Waals surface area (Å²) in [6.07, 6.45) is 0. The van der Waals surface area contributed by atoms with E-state index in [1.807, 2.05) is 0 Å². The van der Waals surface area contributed by atoms with Crippen LogP contribution in [0.5, 0.6) is 5.75 Å². The second-order valence-electron chi connectivity index (χ2n) is 4.33. The highest BCUT2D eigenvalue weighted by atomic mass is 35.5. The predicted molar refractivity (Wildman–Crippen MR) is 80.4 cm³/mol. The van der Waals surface area contributed by atoms with Crippen LogP contribution in [0.1, 0.15) is 0 Å². The zero-order chi connectivity index (χ0) is 15.1. The van der Waals surface area contributed by atoms with Crippen molar-refractivity contribution in [3.8, 4) is 17.2 Å². The molecule has 0 saturated heterocycles. The van der Waals surface area contributed by atoms with Crippen molar-refractivity contribution in [2.45, 2.75) is 0 Å². The average Bonchev–Trinajstić information content (AvgIpc) is 2.84. The van der Waals surface area contributed by atoms with Crippen molar-refractivity contribution in [1.29, 1.82) is 0 Å². The summed E-state index contributed by atoms with van der Waals surface area (Å²) >= 11 is 11.7. The molecule has 0 amide bonds. The number of halogens is 3. The molecule has 0 unspecified atom stereocenters. The molecule has 0 aliphatic heterocycles. The first-order valence-corrected chi connectivity index (χ1v) is 6.64. The fourth-order valence-corrected chi connectivity index (χ4v) is 2.27. The second kappa shape index (κ2) is 5.09. The number of hydrogen-bond acceptors (Lipinski definition) is 4. The molecule has 1 aromatic heterocycles. The van der Waals surface area contributed by atoms with Gasteiger partial charge in [0, 0.05) is 12.1 Å². The summed E-state index contributed by atoms with van der Waals surface area (Å²) in [6, 6.07) is 5.72. The first-order valence-electron chi connectivity index (χ1n) is 5.88. The molecular formula is C14H9Cl2FN2O2. The number of nitrogens with zero attached hydrogens (tertiary/aromatic N) is 1. The van der Waals surface area contributed by atoms with Gasteiger partial charge in [0.1, 0.15) is 17.1 Å². The summed E-state index contributed by atoms with van der Waals surface area (Å²) in [4.78, 5) is 4.27. The molecule has 0 saturated carbocycles. The summed E-state index contributed by atoms with van der Waals surface area (Å²) in [5, 5.41) is 0.321. The lowest BCUT2D eigenvalue weighted by Crippen LogP contribution is -1.93. The smallest absolute Gasteiger partial charge is 0.231 e. The Morgan fingerprint density at radius 1 is 1.19 bits per heavy atom. The van der Waals surface area contributed by atoms with Gasteiger partial charge >= 0.3 is 0 Å². The van der Waals surface area contributed by atoms with Gasteiger partial charge in [0.05, 0.1) is 28.4 Å². The molecule has 3 rings (SSSR count). The van der Waals surface area contributed by atoms with Crippen molar-refractivity contribution in [3.05, 3.63) is 40.1 Å². The minimum atomic E-state index is -0.575. The summed E-state index contributed by atoms with van der Waals surface area (Å²) in [5.74, 6) is 0.120. The highest BCUT2D eigenvalue weighted by Gasteiger charge is 2.16. The van der Waals surface area contributed by atoms with Crippen molar-refractivity contribution >= 4 is 40.0 Å². The molecule has 2 N–H and O–H groups in total. The number of fused-ring (bicyclic) bond motifs is 1. The van der Waals surface area contributed by atoms with Gasteiger partial charge in [0.15, 0.2) is 5.58 Å². The predicted octanol–water partition coefficient (Wildman–Crippen LogP) is 4.53. The molecule has 0 spiro atoms. The Morgan fingerprint density at radius 2 is 1.95 bits per heavy atom. The quantitative estimate of drug-likeness (QED) is 0.703. The molecule has 0 radical (unpaired) electrons. The van der Waals surface area contributed by atoms with Crippen LogP contribution in [0.2, 0.25) is 10.0 Å². The Morgan fingerprint density at radius 3 is 2.67 bits per heavy atom. The van der Waals surface area contributed by atoms with E-state index in [0.29, 0.717) is 27.5 Å². The average molecular weight is 327 g/mol. The SMILES string of the molecule is COc1cc(N)c(Cl)cc1-c1nc2cc(Cl)c(F)cc2o1. The first-order chi connectivity index (χ1) is 9.99. The molecule has 108 valence electrons. The van der Waals surface area contributed by atoms with Crippen LogP contribution < -0.4 is 10.5 Å². The van der Waals surface area contributed by atoms with Gasteiger partial charge < -0.3 is 14.9 Å². The minimum Gasteiger partial charge on any atom is -0.496 e. The molecule has 0 fully saturated rings. The van der Waals surface area contributed by atoms with E-state index in [4.69, 9.17) is 38.1 Å². The number of benzene rings is 2. The van der Waals surface area contributed by atoms with E-state index in [0.717, 1.165) is 0 Å². The maximum atomic E-state index is 13.4. The van der Waals surface area contributed by atoms with Crippen LogP contribution >= 0.6 is 23.2 Å². The summed E-state index contributed by atoms with van der Waals surface area (Å²) in [7, 11) is 1.49. The van der Waals surface area contributed by atoms with Crippen LogP contribution in [0.15, 0.2) is 28.7 Å². The Balaban J connectivity index is 2.23. The van der Waals surface area contributed by atoms with E-state index in [9.17, 15) is 4.39 Å². The fraction of sp³-hybridized carbons (Fsp3) is 0.0714. The molecule has 0 aliphatic carbocycles.